The van der Waals surface area contributed by atoms with E-state index in [1.807, 2.05) is 31.2 Å². The number of carbonyl (C=O) groups excluding carboxylic acids is 1. The van der Waals surface area contributed by atoms with Crippen LogP contribution >= 0.6 is 15.9 Å². The molecular formula is C21H22BrN7O4. The molecule has 0 bridgehead atoms. The van der Waals surface area contributed by atoms with Gasteiger partial charge in [-0.25, -0.2) is 19.7 Å². The van der Waals surface area contributed by atoms with Gasteiger partial charge in [0.1, 0.15) is 17.6 Å². The Morgan fingerprint density at radius 3 is 2.58 bits per heavy atom. The number of aryl methyl sites for hydroxylation is 1. The van der Waals surface area contributed by atoms with E-state index in [2.05, 4.69) is 46.4 Å². The zero-order valence-electron chi connectivity index (χ0n) is 17.7. The highest BCUT2D eigenvalue weighted by Gasteiger charge is 2.21. The van der Waals surface area contributed by atoms with Gasteiger partial charge in [0.05, 0.1) is 16.3 Å². The molecule has 0 radical (unpaired) electrons. The van der Waals surface area contributed by atoms with E-state index in [1.165, 1.54) is 18.3 Å². The fraction of sp³-hybridized carbons (Fsp3) is 0.238. The maximum atomic E-state index is 12.3. The Morgan fingerprint density at radius 1 is 1.18 bits per heavy atom. The highest BCUT2D eigenvalue weighted by Crippen LogP contribution is 2.21. The van der Waals surface area contributed by atoms with Gasteiger partial charge in [-0.3, -0.25) is 10.1 Å². The maximum Gasteiger partial charge on any atom is 0.360 e. The maximum absolute atomic E-state index is 12.3. The summed E-state index contributed by atoms with van der Waals surface area (Å²) in [5, 5.41) is 16.9. The number of nitro groups is 1. The number of pyridine rings is 1. The summed E-state index contributed by atoms with van der Waals surface area (Å²) in [7, 11) is 0. The van der Waals surface area contributed by atoms with Gasteiger partial charge in [-0.2, -0.15) is 5.90 Å². The van der Waals surface area contributed by atoms with Gasteiger partial charge in [-0.15, -0.1) is 0 Å². The molecule has 1 aromatic carbocycles. The van der Waals surface area contributed by atoms with Crippen LogP contribution < -0.4 is 16.5 Å². The number of hydrogen-bond acceptors (Lipinski definition) is 10. The first-order valence-corrected chi connectivity index (χ1v) is 10.8. The molecule has 3 rings (SSSR count). The zero-order valence-corrected chi connectivity index (χ0v) is 19.3. The van der Waals surface area contributed by atoms with Crippen molar-refractivity contribution in [2.75, 3.05) is 23.7 Å². The SMILES string of the molecule is CCc1nc(NCCNc2ccc([N+](=O)[O-])cn2)nc(Cc2cccc(Br)c2)c1C(=O)ON. The van der Waals surface area contributed by atoms with E-state index in [1.54, 1.807) is 0 Å². The first-order chi connectivity index (χ1) is 15.9. The highest BCUT2D eigenvalue weighted by atomic mass is 79.9. The van der Waals surface area contributed by atoms with E-state index in [0.717, 1.165) is 10.0 Å². The molecule has 0 amide bonds. The van der Waals surface area contributed by atoms with Gasteiger partial charge in [-0.1, -0.05) is 35.0 Å². The molecular weight excluding hydrogens is 494 g/mol. The summed E-state index contributed by atoms with van der Waals surface area (Å²) in [4.78, 5) is 40.0. The van der Waals surface area contributed by atoms with Crippen molar-refractivity contribution < 1.29 is 14.6 Å². The van der Waals surface area contributed by atoms with Crippen molar-refractivity contribution in [1.82, 2.24) is 15.0 Å². The molecule has 0 atom stereocenters. The van der Waals surface area contributed by atoms with Crippen LogP contribution in [0.15, 0.2) is 47.1 Å². The Kier molecular flexibility index (Phi) is 8.22. The molecule has 0 saturated carbocycles. The molecule has 0 aliphatic rings. The molecule has 0 fully saturated rings. The van der Waals surface area contributed by atoms with Crippen molar-refractivity contribution in [3.8, 4) is 0 Å². The van der Waals surface area contributed by atoms with Crippen LogP contribution in [-0.4, -0.2) is 38.9 Å². The zero-order chi connectivity index (χ0) is 23.8. The lowest BCUT2D eigenvalue weighted by Gasteiger charge is -2.14. The number of nitrogens with two attached hydrogens (primary N) is 1. The Bertz CT molecular complexity index is 1140. The van der Waals surface area contributed by atoms with Crippen LogP contribution in [0.5, 0.6) is 0 Å². The van der Waals surface area contributed by atoms with Crippen LogP contribution in [-0.2, 0) is 17.7 Å². The third kappa shape index (κ3) is 6.43. The smallest absolute Gasteiger partial charge is 0.360 e. The molecule has 0 unspecified atom stereocenters. The molecule has 0 spiro atoms. The number of carbonyl (C=O) groups is 1. The first-order valence-electron chi connectivity index (χ1n) is 10.0. The van der Waals surface area contributed by atoms with E-state index >= 15 is 0 Å². The number of aromatic nitrogens is 3. The van der Waals surface area contributed by atoms with Crippen molar-refractivity contribution in [2.24, 2.45) is 5.90 Å². The molecule has 4 N–H and O–H groups in total. The van der Waals surface area contributed by atoms with Crippen molar-refractivity contribution in [2.45, 2.75) is 19.8 Å². The van der Waals surface area contributed by atoms with E-state index in [9.17, 15) is 14.9 Å². The average molecular weight is 516 g/mol. The Labute approximate surface area is 198 Å². The van der Waals surface area contributed by atoms with E-state index < -0.39 is 10.9 Å². The molecule has 33 heavy (non-hydrogen) atoms. The van der Waals surface area contributed by atoms with Crippen LogP contribution in [0.2, 0.25) is 0 Å². The second kappa shape index (κ2) is 11.3. The Morgan fingerprint density at radius 2 is 1.94 bits per heavy atom. The fourth-order valence-corrected chi connectivity index (χ4v) is 3.57. The lowest BCUT2D eigenvalue weighted by molar-refractivity contribution is -0.385. The Hall–Kier alpha value is -3.64. The molecule has 172 valence electrons. The van der Waals surface area contributed by atoms with Crippen LogP contribution in [0.4, 0.5) is 17.5 Å². The lowest BCUT2D eigenvalue weighted by Crippen LogP contribution is -2.21. The largest absolute Gasteiger partial charge is 0.370 e. The summed E-state index contributed by atoms with van der Waals surface area (Å²) in [6, 6.07) is 10.6. The minimum Gasteiger partial charge on any atom is -0.370 e. The van der Waals surface area contributed by atoms with Crippen LogP contribution in [0.3, 0.4) is 0 Å². The summed E-state index contributed by atoms with van der Waals surface area (Å²) in [5.74, 6) is 5.34. The monoisotopic (exact) mass is 515 g/mol. The highest BCUT2D eigenvalue weighted by molar-refractivity contribution is 9.10. The minimum absolute atomic E-state index is 0.0757. The van der Waals surface area contributed by atoms with Gasteiger partial charge in [0.25, 0.3) is 5.69 Å². The third-order valence-corrected chi connectivity index (χ3v) is 5.13. The van der Waals surface area contributed by atoms with E-state index in [4.69, 9.17) is 5.90 Å². The number of anilines is 2. The summed E-state index contributed by atoms with van der Waals surface area (Å²) in [5.41, 5.74) is 2.17. The number of nitrogens with one attached hydrogen (secondary N) is 2. The normalized spacial score (nSPS) is 10.5. The summed E-state index contributed by atoms with van der Waals surface area (Å²) in [6.07, 6.45) is 2.06. The van der Waals surface area contributed by atoms with Crippen molar-refractivity contribution in [3.63, 3.8) is 0 Å². The number of rotatable bonds is 10. The van der Waals surface area contributed by atoms with Crippen molar-refractivity contribution in [3.05, 3.63) is 79.7 Å². The van der Waals surface area contributed by atoms with E-state index in [0.29, 0.717) is 49.1 Å². The summed E-state index contributed by atoms with van der Waals surface area (Å²) >= 11 is 3.45. The van der Waals surface area contributed by atoms with Crippen molar-refractivity contribution >= 4 is 39.4 Å². The number of benzene rings is 1. The molecule has 2 aromatic heterocycles. The molecule has 12 heteroatoms. The first kappa shape index (κ1) is 24.0. The second-order valence-electron chi connectivity index (χ2n) is 6.89. The predicted molar refractivity (Wildman–Crippen MR) is 126 cm³/mol. The van der Waals surface area contributed by atoms with Crippen LogP contribution in [0.25, 0.3) is 0 Å². The van der Waals surface area contributed by atoms with E-state index in [-0.39, 0.29) is 11.3 Å². The quantitative estimate of drug-likeness (QED) is 0.207. The van der Waals surface area contributed by atoms with Gasteiger partial charge in [0, 0.05) is 30.0 Å². The van der Waals surface area contributed by atoms with Gasteiger partial charge in [-0.05, 0) is 30.2 Å². The Balaban J connectivity index is 1.74. The van der Waals surface area contributed by atoms with Crippen LogP contribution in [0.1, 0.15) is 34.2 Å². The standard InChI is InChI=1S/C21H22BrN7O4/c1-2-16-19(20(30)33-23)17(11-13-4-3-5-14(22)10-13)28-21(27-16)25-9-8-24-18-7-6-15(12-26-18)29(31)32/h3-7,10,12H,2,8-9,11,23H2,1H3,(H,24,26)(H,25,27,28). The summed E-state index contributed by atoms with van der Waals surface area (Å²) < 4.78 is 0.914. The van der Waals surface area contributed by atoms with Gasteiger partial charge in [0.2, 0.25) is 5.95 Å². The number of halogens is 1. The molecule has 3 aromatic rings. The van der Waals surface area contributed by atoms with Crippen LogP contribution in [0, 0.1) is 10.1 Å². The predicted octanol–water partition coefficient (Wildman–Crippen LogP) is 3.25. The average Bonchev–Trinajstić information content (AvgIpc) is 2.81. The minimum atomic E-state index is -0.686. The second-order valence-corrected chi connectivity index (χ2v) is 7.81. The van der Waals surface area contributed by atoms with Gasteiger partial charge >= 0.3 is 5.97 Å². The summed E-state index contributed by atoms with van der Waals surface area (Å²) in [6.45, 7) is 2.78. The molecule has 2 heterocycles. The van der Waals surface area contributed by atoms with Crippen molar-refractivity contribution in [1.29, 1.82) is 0 Å². The molecule has 0 saturated heterocycles. The third-order valence-electron chi connectivity index (χ3n) is 4.64. The van der Waals surface area contributed by atoms with Gasteiger partial charge < -0.3 is 15.5 Å². The molecule has 0 aliphatic carbocycles. The van der Waals surface area contributed by atoms with Gasteiger partial charge in [0.15, 0.2) is 0 Å². The topological polar surface area (TPSA) is 158 Å². The number of hydrogen-bond donors (Lipinski definition) is 3. The number of nitrogens with zero attached hydrogens (tertiary/aromatic N) is 4. The fourth-order valence-electron chi connectivity index (χ4n) is 3.12. The molecule has 0 aliphatic heterocycles. The molecule has 11 nitrogen and oxygen atoms in total. The lowest BCUT2D eigenvalue weighted by atomic mass is 10.0.